The summed E-state index contributed by atoms with van der Waals surface area (Å²) in [6.07, 6.45) is 9.18. The van der Waals surface area contributed by atoms with E-state index in [-0.39, 0.29) is 17.8 Å². The number of halogens is 1. The third-order valence-electron chi connectivity index (χ3n) is 5.44. The van der Waals surface area contributed by atoms with Crippen LogP contribution in [0.15, 0.2) is 18.2 Å². The van der Waals surface area contributed by atoms with Gasteiger partial charge in [0, 0.05) is 31.2 Å². The van der Waals surface area contributed by atoms with Crippen molar-refractivity contribution in [1.82, 2.24) is 5.32 Å². The van der Waals surface area contributed by atoms with Crippen molar-refractivity contribution in [3.8, 4) is 0 Å². The van der Waals surface area contributed by atoms with Gasteiger partial charge in [0.05, 0.1) is 0 Å². The van der Waals surface area contributed by atoms with Crippen LogP contribution in [0, 0.1) is 11.7 Å². The summed E-state index contributed by atoms with van der Waals surface area (Å²) in [5, 5.41) is 3.13. The summed E-state index contributed by atoms with van der Waals surface area (Å²) in [6, 6.07) is 5.11. The highest BCUT2D eigenvalue weighted by Gasteiger charge is 2.22. The molecule has 1 amide bonds. The van der Waals surface area contributed by atoms with Crippen LogP contribution in [0.4, 0.5) is 10.1 Å². The maximum absolute atomic E-state index is 13.3. The Morgan fingerprint density at radius 1 is 1.33 bits per heavy atom. The number of anilines is 1. The third kappa shape index (κ3) is 4.49. The fraction of sp³-hybridized carbons (Fsp3) is 0.650. The van der Waals surface area contributed by atoms with E-state index in [1.54, 1.807) is 6.07 Å². The van der Waals surface area contributed by atoms with Crippen LogP contribution in [0.3, 0.4) is 0 Å². The normalized spacial score (nSPS) is 19.2. The Hall–Kier alpha value is -1.58. The van der Waals surface area contributed by atoms with Gasteiger partial charge in [0.1, 0.15) is 5.82 Å². The first kappa shape index (κ1) is 17.2. The van der Waals surface area contributed by atoms with E-state index in [1.165, 1.54) is 38.2 Å². The number of hydrogen-bond acceptors (Lipinski definition) is 2. The summed E-state index contributed by atoms with van der Waals surface area (Å²) in [7, 11) is 0. The third-order valence-corrected chi connectivity index (χ3v) is 5.44. The number of rotatable bonds is 6. The molecule has 1 aromatic rings. The van der Waals surface area contributed by atoms with Gasteiger partial charge >= 0.3 is 0 Å². The highest BCUT2D eigenvalue weighted by atomic mass is 19.1. The summed E-state index contributed by atoms with van der Waals surface area (Å²) >= 11 is 0. The predicted molar refractivity (Wildman–Crippen MR) is 95.7 cm³/mol. The Labute approximate surface area is 144 Å². The zero-order valence-electron chi connectivity index (χ0n) is 14.7. The molecule has 3 nitrogen and oxygen atoms in total. The Kier molecular flexibility index (Phi) is 5.75. The van der Waals surface area contributed by atoms with Gasteiger partial charge in [-0.15, -0.1) is 0 Å². The zero-order valence-corrected chi connectivity index (χ0v) is 14.7. The average Bonchev–Trinajstić information content (AvgIpc) is 2.95. The van der Waals surface area contributed by atoms with E-state index in [4.69, 9.17) is 0 Å². The van der Waals surface area contributed by atoms with E-state index in [2.05, 4.69) is 17.1 Å². The molecular weight excluding hydrogens is 303 g/mol. The van der Waals surface area contributed by atoms with Crippen LogP contribution in [0.25, 0.3) is 0 Å². The van der Waals surface area contributed by atoms with Crippen molar-refractivity contribution >= 4 is 11.6 Å². The predicted octanol–water partition coefficient (Wildman–Crippen LogP) is 4.05. The minimum atomic E-state index is -0.167. The quantitative estimate of drug-likeness (QED) is 0.852. The van der Waals surface area contributed by atoms with Crippen molar-refractivity contribution in [2.45, 2.75) is 64.3 Å². The first-order valence-electron chi connectivity index (χ1n) is 9.44. The smallest absolute Gasteiger partial charge is 0.220 e. The van der Waals surface area contributed by atoms with E-state index in [0.717, 1.165) is 43.1 Å². The van der Waals surface area contributed by atoms with Crippen LogP contribution >= 0.6 is 0 Å². The summed E-state index contributed by atoms with van der Waals surface area (Å²) in [5.41, 5.74) is 2.19. The van der Waals surface area contributed by atoms with Gasteiger partial charge in [-0.3, -0.25) is 4.79 Å². The first-order valence-corrected chi connectivity index (χ1v) is 9.44. The zero-order chi connectivity index (χ0) is 16.9. The summed E-state index contributed by atoms with van der Waals surface area (Å²) in [6.45, 7) is 3.74. The minimum Gasteiger partial charge on any atom is -0.369 e. The topological polar surface area (TPSA) is 32.3 Å². The lowest BCUT2D eigenvalue weighted by Gasteiger charge is -2.25. The molecule has 2 aliphatic rings. The highest BCUT2D eigenvalue weighted by Crippen LogP contribution is 2.29. The molecule has 3 rings (SSSR count). The lowest BCUT2D eigenvalue weighted by atomic mass is 9.86. The molecule has 1 fully saturated rings. The SMILES string of the molecule is C[C@@H](CN1CCc2cc(F)ccc21)NC(=O)CCC1CCCCC1. The molecule has 0 unspecified atom stereocenters. The molecular formula is C20H29FN2O. The van der Waals surface area contributed by atoms with E-state index >= 15 is 0 Å². The van der Waals surface area contributed by atoms with Crippen molar-refractivity contribution < 1.29 is 9.18 Å². The molecule has 1 N–H and O–H groups in total. The number of fused-ring (bicyclic) bond motifs is 1. The second kappa shape index (κ2) is 8.00. The number of nitrogens with one attached hydrogen (secondary N) is 1. The largest absolute Gasteiger partial charge is 0.369 e. The Morgan fingerprint density at radius 2 is 2.12 bits per heavy atom. The van der Waals surface area contributed by atoms with Gasteiger partial charge in [-0.2, -0.15) is 0 Å². The number of carbonyl (C=O) groups excluding carboxylic acids is 1. The summed E-state index contributed by atoms with van der Waals surface area (Å²) in [5.74, 6) is 0.756. The van der Waals surface area contributed by atoms with Crippen LogP contribution in [-0.2, 0) is 11.2 Å². The lowest BCUT2D eigenvalue weighted by molar-refractivity contribution is -0.122. The minimum absolute atomic E-state index is 0.111. The van der Waals surface area contributed by atoms with E-state index in [0.29, 0.717) is 6.42 Å². The van der Waals surface area contributed by atoms with Crippen molar-refractivity contribution in [3.63, 3.8) is 0 Å². The Morgan fingerprint density at radius 3 is 2.92 bits per heavy atom. The fourth-order valence-corrected chi connectivity index (χ4v) is 4.16. The van der Waals surface area contributed by atoms with Gasteiger partial charge in [0.25, 0.3) is 0 Å². The standard InChI is InChI=1S/C20H29FN2O/c1-15(22-20(24)10-7-16-5-3-2-4-6-16)14-23-12-11-17-13-18(21)8-9-19(17)23/h8-9,13,15-16H,2-7,10-12,14H2,1H3,(H,22,24)/t15-/m0/s1. The average molecular weight is 332 g/mol. The van der Waals surface area contributed by atoms with E-state index in [9.17, 15) is 9.18 Å². The monoisotopic (exact) mass is 332 g/mol. The maximum Gasteiger partial charge on any atom is 0.220 e. The van der Waals surface area contributed by atoms with E-state index < -0.39 is 0 Å². The molecule has 1 atom stereocenters. The summed E-state index contributed by atoms with van der Waals surface area (Å²) in [4.78, 5) is 14.4. The van der Waals surface area contributed by atoms with Crippen molar-refractivity contribution in [2.24, 2.45) is 5.92 Å². The molecule has 0 saturated heterocycles. The van der Waals surface area contributed by atoms with Crippen molar-refractivity contribution in [3.05, 3.63) is 29.6 Å². The van der Waals surface area contributed by atoms with Crippen LogP contribution < -0.4 is 10.2 Å². The maximum atomic E-state index is 13.3. The molecule has 0 spiro atoms. The van der Waals surface area contributed by atoms with Gasteiger partial charge < -0.3 is 10.2 Å². The van der Waals surface area contributed by atoms with E-state index in [1.807, 2.05) is 6.07 Å². The van der Waals surface area contributed by atoms with Gasteiger partial charge in [-0.25, -0.2) is 4.39 Å². The van der Waals surface area contributed by atoms with Crippen LogP contribution in [0.1, 0.15) is 57.4 Å². The van der Waals surface area contributed by atoms with Crippen LogP contribution in [0.5, 0.6) is 0 Å². The van der Waals surface area contributed by atoms with Gasteiger partial charge in [-0.05, 0) is 49.4 Å². The molecule has 1 heterocycles. The molecule has 132 valence electrons. The van der Waals surface area contributed by atoms with Gasteiger partial charge in [0.15, 0.2) is 0 Å². The van der Waals surface area contributed by atoms with Crippen molar-refractivity contribution in [1.29, 1.82) is 0 Å². The Bertz CT molecular complexity index is 569. The molecule has 1 aromatic carbocycles. The number of hydrogen-bond donors (Lipinski definition) is 1. The molecule has 4 heteroatoms. The molecule has 1 aliphatic carbocycles. The van der Waals surface area contributed by atoms with Crippen LogP contribution in [-0.4, -0.2) is 25.0 Å². The second-order valence-electron chi connectivity index (χ2n) is 7.48. The molecule has 24 heavy (non-hydrogen) atoms. The van der Waals surface area contributed by atoms with Gasteiger partial charge in [0.2, 0.25) is 5.91 Å². The molecule has 1 aliphatic heterocycles. The van der Waals surface area contributed by atoms with Crippen LogP contribution in [0.2, 0.25) is 0 Å². The molecule has 0 radical (unpaired) electrons. The second-order valence-corrected chi connectivity index (χ2v) is 7.48. The lowest BCUT2D eigenvalue weighted by Crippen LogP contribution is -2.41. The number of carbonyl (C=O) groups is 1. The first-order chi connectivity index (χ1) is 11.6. The molecule has 0 bridgehead atoms. The highest BCUT2D eigenvalue weighted by molar-refractivity contribution is 5.76. The van der Waals surface area contributed by atoms with Crippen molar-refractivity contribution in [2.75, 3.05) is 18.0 Å². The summed E-state index contributed by atoms with van der Waals surface area (Å²) < 4.78 is 13.3. The fourth-order valence-electron chi connectivity index (χ4n) is 4.16. The number of amides is 1. The number of benzene rings is 1. The number of nitrogens with zero attached hydrogens (tertiary/aromatic N) is 1. The Balaban J connectivity index is 1.42. The molecule has 1 saturated carbocycles. The molecule has 0 aromatic heterocycles. The van der Waals surface area contributed by atoms with Gasteiger partial charge in [-0.1, -0.05) is 32.1 Å².